The first kappa shape index (κ1) is 23.8. The summed E-state index contributed by atoms with van der Waals surface area (Å²) in [6.07, 6.45) is 0.840. The Bertz CT molecular complexity index is 1370. The summed E-state index contributed by atoms with van der Waals surface area (Å²) in [4.78, 5) is 13.4. The number of hydrogen-bond donors (Lipinski definition) is 1. The Kier molecular flexibility index (Phi) is 6.10. The van der Waals surface area contributed by atoms with Crippen molar-refractivity contribution in [3.8, 4) is 23.0 Å². The van der Waals surface area contributed by atoms with Crippen LogP contribution in [0.1, 0.15) is 41.2 Å². The second kappa shape index (κ2) is 9.24. The van der Waals surface area contributed by atoms with Gasteiger partial charge in [0.05, 0.1) is 26.4 Å². The predicted molar refractivity (Wildman–Crippen MR) is 134 cm³/mol. The van der Waals surface area contributed by atoms with E-state index in [0.717, 1.165) is 12.0 Å². The Labute approximate surface area is 209 Å². The molecule has 1 heterocycles. The van der Waals surface area contributed by atoms with E-state index < -0.39 is 11.6 Å². The standard InChI is InChI=1S/C29H28O7/c1-5-12-34-20-7-9-21-23(15-20)29(31,22-10-8-19(32-3)13-17(22)2)27(28(30)33-4)26(21)18-6-11-24-25(14-18)36-16-35-24/h6-11,13-15,31H,5,12,16H2,1-4H3. The van der Waals surface area contributed by atoms with Crippen LogP contribution in [0.2, 0.25) is 0 Å². The highest BCUT2D eigenvalue weighted by Gasteiger charge is 2.50. The Morgan fingerprint density at radius 1 is 0.972 bits per heavy atom. The Hall–Kier alpha value is -3.97. The van der Waals surface area contributed by atoms with Gasteiger partial charge in [0.25, 0.3) is 0 Å². The molecule has 0 fully saturated rings. The maximum atomic E-state index is 13.4. The zero-order valence-electron chi connectivity index (χ0n) is 20.7. The molecule has 5 rings (SSSR count). The van der Waals surface area contributed by atoms with Crippen LogP contribution in [-0.2, 0) is 15.1 Å². The van der Waals surface area contributed by atoms with Crippen molar-refractivity contribution in [2.24, 2.45) is 0 Å². The van der Waals surface area contributed by atoms with E-state index in [2.05, 4.69) is 0 Å². The maximum absolute atomic E-state index is 13.4. The van der Waals surface area contributed by atoms with E-state index in [4.69, 9.17) is 23.7 Å². The number of methoxy groups -OCH3 is 2. The number of esters is 1. The summed E-state index contributed by atoms with van der Waals surface area (Å²) < 4.78 is 27.6. The molecule has 0 amide bonds. The van der Waals surface area contributed by atoms with Crippen LogP contribution in [0.15, 0.2) is 60.2 Å². The molecule has 3 aromatic carbocycles. The molecule has 0 radical (unpaired) electrons. The van der Waals surface area contributed by atoms with Crippen molar-refractivity contribution in [3.63, 3.8) is 0 Å². The van der Waals surface area contributed by atoms with Gasteiger partial charge < -0.3 is 28.8 Å². The fourth-order valence-corrected chi connectivity index (χ4v) is 4.95. The number of aryl methyl sites for hydroxylation is 1. The SMILES string of the molecule is CCCOc1ccc2c(c1)C(O)(c1ccc(OC)cc1C)C(C(=O)OC)=C2c1ccc2c(c1)OCO2. The molecule has 36 heavy (non-hydrogen) atoms. The van der Waals surface area contributed by atoms with E-state index in [1.54, 1.807) is 31.4 Å². The van der Waals surface area contributed by atoms with Gasteiger partial charge in [0.15, 0.2) is 11.5 Å². The third-order valence-electron chi connectivity index (χ3n) is 6.61. The van der Waals surface area contributed by atoms with Crippen molar-refractivity contribution >= 4 is 11.5 Å². The van der Waals surface area contributed by atoms with Gasteiger partial charge in [-0.3, -0.25) is 0 Å². The molecule has 0 saturated heterocycles. The van der Waals surface area contributed by atoms with Crippen LogP contribution in [0.3, 0.4) is 0 Å². The molecule has 2 aliphatic rings. The molecule has 1 unspecified atom stereocenters. The van der Waals surface area contributed by atoms with Gasteiger partial charge in [-0.25, -0.2) is 4.79 Å². The largest absolute Gasteiger partial charge is 0.497 e. The summed E-state index contributed by atoms with van der Waals surface area (Å²) in [5, 5.41) is 12.6. The summed E-state index contributed by atoms with van der Waals surface area (Å²) in [5.41, 5.74) is 2.15. The van der Waals surface area contributed by atoms with Crippen molar-refractivity contribution in [2.75, 3.05) is 27.6 Å². The summed E-state index contributed by atoms with van der Waals surface area (Å²) in [5.74, 6) is 1.83. The highest BCUT2D eigenvalue weighted by atomic mass is 16.7. The van der Waals surface area contributed by atoms with E-state index >= 15 is 0 Å². The van der Waals surface area contributed by atoms with Gasteiger partial charge >= 0.3 is 5.97 Å². The minimum absolute atomic E-state index is 0.125. The van der Waals surface area contributed by atoms with E-state index in [0.29, 0.717) is 57.4 Å². The third kappa shape index (κ3) is 3.67. The lowest BCUT2D eigenvalue weighted by Crippen LogP contribution is -2.33. The van der Waals surface area contributed by atoms with Crippen molar-refractivity contribution in [1.29, 1.82) is 0 Å². The maximum Gasteiger partial charge on any atom is 0.338 e. The van der Waals surface area contributed by atoms with Crippen LogP contribution < -0.4 is 18.9 Å². The Morgan fingerprint density at radius 2 is 1.75 bits per heavy atom. The van der Waals surface area contributed by atoms with Gasteiger partial charge in [0.1, 0.15) is 17.1 Å². The van der Waals surface area contributed by atoms with Gasteiger partial charge in [-0.2, -0.15) is 0 Å². The summed E-state index contributed by atoms with van der Waals surface area (Å²) in [6.45, 7) is 4.57. The van der Waals surface area contributed by atoms with Gasteiger partial charge in [0.2, 0.25) is 6.79 Å². The minimum atomic E-state index is -1.80. The van der Waals surface area contributed by atoms with Gasteiger partial charge in [0, 0.05) is 11.1 Å². The molecule has 1 N–H and O–H groups in total. The number of fused-ring (bicyclic) bond motifs is 2. The molecular weight excluding hydrogens is 460 g/mol. The second-order valence-corrected chi connectivity index (χ2v) is 8.76. The molecule has 1 aliphatic carbocycles. The number of carbonyl (C=O) groups excluding carboxylic acids is 1. The Morgan fingerprint density at radius 3 is 2.47 bits per heavy atom. The van der Waals surface area contributed by atoms with Crippen molar-refractivity contribution < 1.29 is 33.6 Å². The molecule has 7 heteroatoms. The molecule has 0 bridgehead atoms. The number of rotatable bonds is 7. The molecule has 1 aliphatic heterocycles. The summed E-state index contributed by atoms with van der Waals surface area (Å²) in [6, 6.07) is 16.4. The number of hydrogen-bond acceptors (Lipinski definition) is 7. The lowest BCUT2D eigenvalue weighted by atomic mass is 9.80. The molecule has 186 valence electrons. The average molecular weight is 489 g/mol. The first-order chi connectivity index (χ1) is 17.4. The number of carbonyl (C=O) groups is 1. The lowest BCUT2D eigenvalue weighted by Gasteiger charge is -2.29. The van der Waals surface area contributed by atoms with Gasteiger partial charge in [-0.05, 0) is 72.0 Å². The fraction of sp³-hybridized carbons (Fsp3) is 0.276. The van der Waals surface area contributed by atoms with Crippen LogP contribution in [0, 0.1) is 6.92 Å². The van der Waals surface area contributed by atoms with Crippen LogP contribution >= 0.6 is 0 Å². The van der Waals surface area contributed by atoms with Crippen LogP contribution in [-0.4, -0.2) is 38.7 Å². The third-order valence-corrected chi connectivity index (χ3v) is 6.61. The topological polar surface area (TPSA) is 83.5 Å². The highest BCUT2D eigenvalue weighted by molar-refractivity contribution is 6.08. The molecule has 0 saturated carbocycles. The van der Waals surface area contributed by atoms with Crippen molar-refractivity contribution in [3.05, 3.63) is 88.0 Å². The summed E-state index contributed by atoms with van der Waals surface area (Å²) >= 11 is 0. The molecule has 0 spiro atoms. The second-order valence-electron chi connectivity index (χ2n) is 8.76. The number of aliphatic hydroxyl groups is 1. The Balaban J connectivity index is 1.81. The van der Waals surface area contributed by atoms with E-state index in [-0.39, 0.29) is 12.4 Å². The molecular formula is C29H28O7. The molecule has 0 aromatic heterocycles. The summed E-state index contributed by atoms with van der Waals surface area (Å²) in [7, 11) is 2.90. The number of ether oxygens (including phenoxy) is 5. The quantitative estimate of drug-likeness (QED) is 0.481. The minimum Gasteiger partial charge on any atom is -0.497 e. The normalized spacial score (nSPS) is 17.7. The monoisotopic (exact) mass is 488 g/mol. The first-order valence-electron chi connectivity index (χ1n) is 11.8. The van der Waals surface area contributed by atoms with Crippen LogP contribution in [0.5, 0.6) is 23.0 Å². The smallest absolute Gasteiger partial charge is 0.338 e. The van der Waals surface area contributed by atoms with Crippen LogP contribution in [0.25, 0.3) is 5.57 Å². The fourth-order valence-electron chi connectivity index (χ4n) is 4.95. The molecule has 1 atom stereocenters. The zero-order chi connectivity index (χ0) is 25.4. The van der Waals surface area contributed by atoms with Gasteiger partial charge in [-0.15, -0.1) is 0 Å². The van der Waals surface area contributed by atoms with E-state index in [9.17, 15) is 9.90 Å². The molecule has 7 nitrogen and oxygen atoms in total. The van der Waals surface area contributed by atoms with E-state index in [1.165, 1.54) is 7.11 Å². The lowest BCUT2D eigenvalue weighted by molar-refractivity contribution is -0.138. The number of benzene rings is 3. The highest BCUT2D eigenvalue weighted by Crippen LogP contribution is 2.53. The average Bonchev–Trinajstić information content (AvgIpc) is 3.47. The van der Waals surface area contributed by atoms with Crippen molar-refractivity contribution in [1.82, 2.24) is 0 Å². The molecule has 3 aromatic rings. The first-order valence-corrected chi connectivity index (χ1v) is 11.8. The zero-order valence-corrected chi connectivity index (χ0v) is 20.7. The predicted octanol–water partition coefficient (Wildman–Crippen LogP) is 4.75. The van der Waals surface area contributed by atoms with E-state index in [1.807, 2.05) is 44.2 Å². The van der Waals surface area contributed by atoms with Crippen LogP contribution in [0.4, 0.5) is 0 Å². The van der Waals surface area contributed by atoms with Gasteiger partial charge in [-0.1, -0.05) is 25.1 Å². The van der Waals surface area contributed by atoms with Crippen molar-refractivity contribution in [2.45, 2.75) is 25.9 Å².